The van der Waals surface area contributed by atoms with Gasteiger partial charge < -0.3 is 14.6 Å². The molecule has 78 valence electrons. The number of esters is 2. The Bertz CT molecular complexity index is 269. The van der Waals surface area contributed by atoms with Crippen molar-refractivity contribution >= 4 is 11.9 Å². The van der Waals surface area contributed by atoms with Gasteiger partial charge in [0, 0.05) is 6.92 Å². The largest absolute Gasteiger partial charge is 0.463 e. The lowest BCUT2D eigenvalue weighted by molar-refractivity contribution is -0.153. The molecule has 0 spiro atoms. The zero-order valence-electron chi connectivity index (χ0n) is 7.94. The topological polar surface area (TPSA) is 77.2 Å². The molecular weight excluding hydrogens is 190 g/mol. The smallest absolute Gasteiger partial charge is 0.399 e. The van der Waals surface area contributed by atoms with E-state index >= 15 is 0 Å². The summed E-state index contributed by atoms with van der Waals surface area (Å²) in [6.45, 7) is 6.64. The van der Waals surface area contributed by atoms with Gasteiger partial charge in [-0.25, -0.2) is 11.4 Å². The third-order valence-corrected chi connectivity index (χ3v) is 1.56. The van der Waals surface area contributed by atoms with Crippen LogP contribution in [0.4, 0.5) is 0 Å². The molecule has 1 atom stereocenters. The number of aliphatic hydroxyl groups is 1. The Kier molecular flexibility index (Phi) is 4.59. The van der Waals surface area contributed by atoms with Gasteiger partial charge in [0.2, 0.25) is 0 Å². The molecule has 0 bridgehead atoms. The van der Waals surface area contributed by atoms with E-state index in [2.05, 4.69) is 14.3 Å². The highest BCUT2D eigenvalue weighted by Crippen LogP contribution is 2.13. The number of hydrogen-bond acceptors (Lipinski definition) is 5. The van der Waals surface area contributed by atoms with Crippen LogP contribution in [-0.2, 0) is 19.1 Å². The Labute approximate surface area is 81.2 Å². The zero-order chi connectivity index (χ0) is 11.2. The summed E-state index contributed by atoms with van der Waals surface area (Å²) in [5.74, 6) is -1.55. The van der Waals surface area contributed by atoms with Gasteiger partial charge in [0.25, 0.3) is 0 Å². The van der Waals surface area contributed by atoms with Gasteiger partial charge in [0.15, 0.2) is 6.61 Å². The van der Waals surface area contributed by atoms with Gasteiger partial charge >= 0.3 is 17.5 Å². The van der Waals surface area contributed by atoms with Crippen molar-refractivity contribution < 1.29 is 24.2 Å². The van der Waals surface area contributed by atoms with Crippen LogP contribution in [0.2, 0.25) is 0 Å². The molecule has 1 N–H and O–H groups in total. The summed E-state index contributed by atoms with van der Waals surface area (Å²) in [5, 5.41) is 8.89. The molecule has 0 radical (unpaired) electrons. The van der Waals surface area contributed by atoms with Gasteiger partial charge in [-0.15, -0.1) is 0 Å². The number of rotatable bonds is 4. The highest BCUT2D eigenvalue weighted by Gasteiger charge is 2.48. The number of nitrogens with zero attached hydrogens (tertiary/aromatic N) is 1. The monoisotopic (exact) mass is 201 g/mol. The quantitative estimate of drug-likeness (QED) is 0.484. The molecular formula is C8H11NO5. The summed E-state index contributed by atoms with van der Waals surface area (Å²) in [4.78, 5) is 24.5. The van der Waals surface area contributed by atoms with E-state index in [1.165, 1.54) is 0 Å². The van der Waals surface area contributed by atoms with Crippen molar-refractivity contribution in [3.8, 4) is 0 Å². The Balaban J connectivity index is 4.64. The fraction of sp³-hybridized carbons (Fsp3) is 0.625. The minimum atomic E-state index is -1.83. The maximum atomic E-state index is 11.1. The Morgan fingerprint density at radius 1 is 1.57 bits per heavy atom. The second kappa shape index (κ2) is 5.19. The van der Waals surface area contributed by atoms with Gasteiger partial charge in [-0.05, 0) is 0 Å². The lowest BCUT2D eigenvalue weighted by Crippen LogP contribution is -2.45. The first-order chi connectivity index (χ1) is 6.52. The molecule has 0 rings (SSSR count). The summed E-state index contributed by atoms with van der Waals surface area (Å²) in [6.07, 6.45) is 0. The maximum absolute atomic E-state index is 11.1. The van der Waals surface area contributed by atoms with Crippen LogP contribution in [0.25, 0.3) is 4.85 Å². The first kappa shape index (κ1) is 12.4. The summed E-state index contributed by atoms with van der Waals surface area (Å²) >= 11 is 0. The van der Waals surface area contributed by atoms with Crippen molar-refractivity contribution in [3.63, 3.8) is 0 Å². The number of ether oxygens (including phenoxy) is 2. The van der Waals surface area contributed by atoms with E-state index in [4.69, 9.17) is 11.7 Å². The van der Waals surface area contributed by atoms with E-state index in [1.807, 2.05) is 0 Å². The number of carbonyl (C=O) groups is 2. The first-order valence-electron chi connectivity index (χ1n) is 3.73. The van der Waals surface area contributed by atoms with Gasteiger partial charge in [-0.3, -0.25) is 9.64 Å². The summed E-state index contributed by atoms with van der Waals surface area (Å²) in [5.41, 5.74) is -1.83. The lowest BCUT2D eigenvalue weighted by atomic mass is 10.0. The Morgan fingerprint density at radius 3 is 2.43 bits per heavy atom. The molecule has 6 nitrogen and oxygen atoms in total. The van der Waals surface area contributed by atoms with Crippen LogP contribution in [0.3, 0.4) is 0 Å². The average molecular weight is 201 g/mol. The van der Waals surface area contributed by atoms with Crippen LogP contribution in [0.15, 0.2) is 0 Å². The Morgan fingerprint density at radius 2 is 2.14 bits per heavy atom. The normalized spacial score (nSPS) is 13.6. The van der Waals surface area contributed by atoms with Crippen molar-refractivity contribution in [2.45, 2.75) is 12.5 Å². The van der Waals surface area contributed by atoms with Gasteiger partial charge in [0.05, 0.1) is 7.11 Å². The van der Waals surface area contributed by atoms with Crippen molar-refractivity contribution in [2.75, 3.05) is 20.3 Å². The van der Waals surface area contributed by atoms with Crippen LogP contribution >= 0.6 is 0 Å². The average Bonchev–Trinajstić information content (AvgIpc) is 2.19. The van der Waals surface area contributed by atoms with E-state index < -0.39 is 30.7 Å². The molecule has 0 aliphatic rings. The SMILES string of the molecule is [C-]#[N+]C(CO)(COC(C)=O)C(=O)OC. The van der Waals surface area contributed by atoms with E-state index in [9.17, 15) is 9.59 Å². The fourth-order valence-electron chi connectivity index (χ4n) is 0.693. The molecule has 14 heavy (non-hydrogen) atoms. The molecule has 0 amide bonds. The molecule has 0 aromatic rings. The maximum Gasteiger partial charge on any atom is 0.399 e. The molecule has 0 aromatic heterocycles. The van der Waals surface area contributed by atoms with Crippen molar-refractivity contribution in [1.29, 1.82) is 0 Å². The number of aliphatic hydroxyl groups excluding tert-OH is 1. The predicted molar refractivity (Wildman–Crippen MR) is 45.1 cm³/mol. The molecule has 0 heterocycles. The third-order valence-electron chi connectivity index (χ3n) is 1.56. The highest BCUT2D eigenvalue weighted by atomic mass is 16.5. The van der Waals surface area contributed by atoms with E-state index in [1.54, 1.807) is 0 Å². The van der Waals surface area contributed by atoms with Crippen LogP contribution in [0, 0.1) is 6.57 Å². The van der Waals surface area contributed by atoms with E-state index in [-0.39, 0.29) is 0 Å². The van der Waals surface area contributed by atoms with Crippen molar-refractivity contribution in [2.24, 2.45) is 0 Å². The van der Waals surface area contributed by atoms with Gasteiger partial charge in [-0.2, -0.15) is 0 Å². The first-order valence-corrected chi connectivity index (χ1v) is 3.73. The molecule has 1 unspecified atom stereocenters. The van der Waals surface area contributed by atoms with Crippen molar-refractivity contribution in [1.82, 2.24) is 0 Å². The fourth-order valence-corrected chi connectivity index (χ4v) is 0.693. The van der Waals surface area contributed by atoms with Crippen LogP contribution < -0.4 is 0 Å². The van der Waals surface area contributed by atoms with E-state index in [0.717, 1.165) is 14.0 Å². The number of methoxy groups -OCH3 is 1. The highest BCUT2D eigenvalue weighted by molar-refractivity contribution is 5.83. The van der Waals surface area contributed by atoms with Crippen LogP contribution in [0.5, 0.6) is 0 Å². The zero-order valence-corrected chi connectivity index (χ0v) is 7.94. The standard InChI is InChI=1S/C8H11NO5/c1-6(11)14-5-8(4-10,9-2)7(12)13-3/h10H,4-5H2,1,3H3. The molecule has 6 heteroatoms. The lowest BCUT2D eigenvalue weighted by Gasteiger charge is -2.15. The van der Waals surface area contributed by atoms with Gasteiger partial charge in [-0.1, -0.05) is 0 Å². The third kappa shape index (κ3) is 2.71. The Hall–Kier alpha value is -1.61. The molecule has 0 aliphatic carbocycles. The minimum Gasteiger partial charge on any atom is -0.463 e. The number of carbonyl (C=O) groups excluding carboxylic acids is 2. The van der Waals surface area contributed by atoms with Crippen LogP contribution in [-0.4, -0.2) is 42.9 Å². The summed E-state index contributed by atoms with van der Waals surface area (Å²) in [6, 6.07) is 0. The molecule has 0 saturated carbocycles. The second-order valence-corrected chi connectivity index (χ2v) is 2.57. The number of hydrogen-bond donors (Lipinski definition) is 1. The van der Waals surface area contributed by atoms with Gasteiger partial charge in [0.1, 0.15) is 6.61 Å². The minimum absolute atomic E-state index is 0.505. The molecule has 0 saturated heterocycles. The predicted octanol–water partition coefficient (Wildman–Crippen LogP) is -0.627. The molecule has 0 aliphatic heterocycles. The van der Waals surface area contributed by atoms with Crippen molar-refractivity contribution in [3.05, 3.63) is 11.4 Å². The summed E-state index contributed by atoms with van der Waals surface area (Å²) in [7, 11) is 1.09. The molecule has 0 aromatic carbocycles. The molecule has 0 fully saturated rings. The second-order valence-electron chi connectivity index (χ2n) is 2.57. The van der Waals surface area contributed by atoms with Crippen LogP contribution in [0.1, 0.15) is 6.92 Å². The van der Waals surface area contributed by atoms with E-state index in [0.29, 0.717) is 0 Å². The summed E-state index contributed by atoms with van der Waals surface area (Å²) < 4.78 is 8.82.